The van der Waals surface area contributed by atoms with Gasteiger partial charge in [0.1, 0.15) is 11.6 Å². The number of carbonyl (C=O) groups excluding carboxylic acids is 3. The Morgan fingerprint density at radius 2 is 1.79 bits per heavy atom. The van der Waals surface area contributed by atoms with E-state index < -0.39 is 0 Å². The van der Waals surface area contributed by atoms with Gasteiger partial charge in [-0.2, -0.15) is 0 Å². The highest BCUT2D eigenvalue weighted by molar-refractivity contribution is 6.32. The second kappa shape index (κ2) is 7.52. The highest BCUT2D eigenvalue weighted by atomic mass is 35.5. The molecule has 33 heavy (non-hydrogen) atoms. The molecule has 2 saturated carbocycles. The Morgan fingerprint density at radius 1 is 1.09 bits per heavy atom. The Balaban J connectivity index is 1.14. The van der Waals surface area contributed by atoms with Crippen molar-refractivity contribution in [3.8, 4) is 5.75 Å². The summed E-state index contributed by atoms with van der Waals surface area (Å²) in [7, 11) is 1.53. The summed E-state index contributed by atoms with van der Waals surface area (Å²) in [5.74, 6) is 1.74. The quantitative estimate of drug-likeness (QED) is 0.366. The van der Waals surface area contributed by atoms with Crippen molar-refractivity contribution in [2.24, 2.45) is 35.5 Å². The van der Waals surface area contributed by atoms with Crippen molar-refractivity contribution in [2.45, 2.75) is 19.3 Å². The number of benzene rings is 1. The number of aryl methyl sites for hydroxylation is 1. The van der Waals surface area contributed by atoms with Crippen molar-refractivity contribution in [3.63, 3.8) is 0 Å². The number of ether oxygens (including phenoxy) is 1. The Kier molecular flexibility index (Phi) is 4.70. The van der Waals surface area contributed by atoms with E-state index in [4.69, 9.17) is 16.3 Å². The number of hydrogen-bond acceptors (Lipinski definition) is 5. The van der Waals surface area contributed by atoms with E-state index in [2.05, 4.69) is 17.1 Å². The van der Waals surface area contributed by atoms with Crippen molar-refractivity contribution in [1.82, 2.24) is 4.98 Å². The van der Waals surface area contributed by atoms with Crippen LogP contribution in [0.3, 0.4) is 0 Å². The smallest absolute Gasteiger partial charge is 0.239 e. The molecule has 2 amide bonds. The van der Waals surface area contributed by atoms with E-state index in [9.17, 15) is 14.4 Å². The minimum atomic E-state index is -0.230. The third-order valence-electron chi connectivity index (χ3n) is 7.82. The molecule has 1 aromatic carbocycles. The van der Waals surface area contributed by atoms with Gasteiger partial charge in [-0.3, -0.25) is 14.4 Å². The number of allylic oxidation sites excluding steroid dienone is 2. The zero-order valence-corrected chi connectivity index (χ0v) is 18.9. The maximum Gasteiger partial charge on any atom is 0.239 e. The maximum absolute atomic E-state index is 13.2. The number of carbonyl (C=O) groups is 3. The van der Waals surface area contributed by atoms with Crippen LogP contribution in [0, 0.1) is 35.5 Å². The monoisotopic (exact) mass is 462 g/mol. The number of halogens is 1. The number of rotatable bonds is 6. The van der Waals surface area contributed by atoms with Crippen LogP contribution >= 0.6 is 11.6 Å². The van der Waals surface area contributed by atoms with Gasteiger partial charge >= 0.3 is 0 Å². The molecule has 7 rings (SSSR count). The molecule has 7 heteroatoms. The molecule has 6 atom stereocenters. The van der Waals surface area contributed by atoms with Gasteiger partial charge in [0.2, 0.25) is 11.8 Å². The summed E-state index contributed by atoms with van der Waals surface area (Å²) < 4.78 is 5.12. The van der Waals surface area contributed by atoms with Crippen molar-refractivity contribution in [1.29, 1.82) is 0 Å². The summed E-state index contributed by atoms with van der Waals surface area (Å²) in [5.41, 5.74) is 1.40. The van der Waals surface area contributed by atoms with Gasteiger partial charge in [0.25, 0.3) is 0 Å². The molecule has 0 N–H and O–H groups in total. The van der Waals surface area contributed by atoms with Crippen LogP contribution in [-0.4, -0.2) is 29.7 Å². The van der Waals surface area contributed by atoms with Crippen LogP contribution in [-0.2, 0) is 16.0 Å². The number of ketones is 1. The Labute approximate surface area is 196 Å². The van der Waals surface area contributed by atoms with Crippen molar-refractivity contribution in [3.05, 3.63) is 64.8 Å². The number of aromatic nitrogens is 1. The average Bonchev–Trinajstić information content (AvgIpc) is 3.61. The highest BCUT2D eigenvalue weighted by Gasteiger charge is 2.67. The highest BCUT2D eigenvalue weighted by Crippen LogP contribution is 2.65. The van der Waals surface area contributed by atoms with Crippen LogP contribution in [0.2, 0.25) is 5.02 Å². The molecule has 0 spiro atoms. The molecule has 2 bridgehead atoms. The second-order valence-electron chi connectivity index (χ2n) is 9.46. The summed E-state index contributed by atoms with van der Waals surface area (Å²) in [5, 5.41) is 0.399. The fraction of sp³-hybridized carbons (Fsp3) is 0.385. The van der Waals surface area contributed by atoms with Crippen LogP contribution in [0.5, 0.6) is 5.75 Å². The fourth-order valence-corrected chi connectivity index (χ4v) is 6.38. The molecular weight excluding hydrogens is 440 g/mol. The van der Waals surface area contributed by atoms with Crippen LogP contribution in [0.1, 0.15) is 28.8 Å². The zero-order chi connectivity index (χ0) is 22.9. The van der Waals surface area contributed by atoms with E-state index in [0.29, 0.717) is 46.8 Å². The third-order valence-corrected chi connectivity index (χ3v) is 8.11. The van der Waals surface area contributed by atoms with E-state index in [1.54, 1.807) is 30.5 Å². The maximum atomic E-state index is 13.2. The van der Waals surface area contributed by atoms with Gasteiger partial charge in [-0.15, -0.1) is 0 Å². The zero-order valence-electron chi connectivity index (χ0n) is 18.1. The number of imide groups is 1. The van der Waals surface area contributed by atoms with E-state index in [1.807, 2.05) is 6.07 Å². The number of methoxy groups -OCH3 is 1. The first-order valence-corrected chi connectivity index (χ1v) is 11.7. The number of nitrogens with zero attached hydrogens (tertiary/aromatic N) is 2. The van der Waals surface area contributed by atoms with E-state index in [0.717, 1.165) is 12.0 Å². The van der Waals surface area contributed by atoms with Crippen molar-refractivity contribution in [2.75, 3.05) is 12.0 Å². The normalized spacial score (nSPS) is 30.9. The van der Waals surface area contributed by atoms with Gasteiger partial charge < -0.3 is 4.74 Å². The standard InChI is InChI=1S/C26H23ClN2O4/c1-33-21-8-4-14(10-19(21)27)20(30)7-2-13-3-9-22(28-12-13)29-25(31)23-15-5-6-16(18-11-17(15)18)24(23)26(29)32/h3-6,8-10,12,15-18,23-24H,2,7,11H2,1H3. The number of hydrogen-bond donors (Lipinski definition) is 0. The molecule has 1 aromatic heterocycles. The van der Waals surface area contributed by atoms with Gasteiger partial charge in [-0.1, -0.05) is 29.8 Å². The van der Waals surface area contributed by atoms with E-state index in [-0.39, 0.29) is 41.3 Å². The minimum Gasteiger partial charge on any atom is -0.495 e. The molecule has 2 heterocycles. The fourth-order valence-electron chi connectivity index (χ4n) is 6.12. The molecule has 1 saturated heterocycles. The minimum absolute atomic E-state index is 0.0286. The van der Waals surface area contributed by atoms with Crippen molar-refractivity contribution < 1.29 is 19.1 Å². The van der Waals surface area contributed by atoms with Gasteiger partial charge in [-0.05, 0) is 66.3 Å². The third kappa shape index (κ3) is 3.15. The summed E-state index contributed by atoms with van der Waals surface area (Å²) in [6.45, 7) is 0. The number of anilines is 1. The lowest BCUT2D eigenvalue weighted by Gasteiger charge is -2.37. The lowest BCUT2D eigenvalue weighted by atomic mass is 9.63. The number of Topliss-reactive ketones (excluding diaryl/α,β-unsaturated/α-hetero) is 1. The summed E-state index contributed by atoms with van der Waals surface area (Å²) in [4.78, 5) is 44.7. The van der Waals surface area contributed by atoms with Crippen LogP contribution in [0.25, 0.3) is 0 Å². The molecule has 168 valence electrons. The first kappa shape index (κ1) is 20.6. The largest absolute Gasteiger partial charge is 0.495 e. The van der Waals surface area contributed by atoms with E-state index >= 15 is 0 Å². The average molecular weight is 463 g/mol. The lowest BCUT2D eigenvalue weighted by molar-refractivity contribution is -0.124. The Morgan fingerprint density at radius 3 is 2.36 bits per heavy atom. The Hall–Kier alpha value is -2.99. The molecule has 6 nitrogen and oxygen atoms in total. The first-order valence-electron chi connectivity index (χ1n) is 11.4. The molecule has 4 aliphatic carbocycles. The van der Waals surface area contributed by atoms with Gasteiger partial charge in [0, 0.05) is 18.2 Å². The summed E-state index contributed by atoms with van der Waals surface area (Å²) in [6.07, 6.45) is 7.92. The predicted molar refractivity (Wildman–Crippen MR) is 122 cm³/mol. The van der Waals surface area contributed by atoms with Gasteiger partial charge in [-0.25, -0.2) is 9.88 Å². The SMILES string of the molecule is COc1ccc(C(=O)CCc2ccc(N3C(=O)C4C5C=CC(C6CC56)C4C3=O)nc2)cc1Cl. The predicted octanol–water partition coefficient (Wildman–Crippen LogP) is 4.12. The summed E-state index contributed by atoms with van der Waals surface area (Å²) in [6, 6.07) is 8.54. The van der Waals surface area contributed by atoms with E-state index in [1.165, 1.54) is 12.0 Å². The Bertz CT molecular complexity index is 1170. The van der Waals surface area contributed by atoms with Gasteiger partial charge in [0.15, 0.2) is 5.78 Å². The first-order chi connectivity index (χ1) is 16.0. The molecule has 0 radical (unpaired) electrons. The number of amides is 2. The molecule has 1 aliphatic heterocycles. The second-order valence-corrected chi connectivity index (χ2v) is 9.87. The molecule has 2 aromatic rings. The molecular formula is C26H23ClN2O4. The molecule has 3 fully saturated rings. The topological polar surface area (TPSA) is 76.6 Å². The van der Waals surface area contributed by atoms with Crippen LogP contribution < -0.4 is 9.64 Å². The molecule has 5 aliphatic rings. The molecule has 6 unspecified atom stereocenters. The lowest BCUT2D eigenvalue weighted by Crippen LogP contribution is -2.40. The number of pyridine rings is 1. The summed E-state index contributed by atoms with van der Waals surface area (Å²) >= 11 is 6.12. The van der Waals surface area contributed by atoms with Crippen molar-refractivity contribution >= 4 is 35.0 Å². The van der Waals surface area contributed by atoms with Crippen LogP contribution in [0.15, 0.2) is 48.7 Å². The van der Waals surface area contributed by atoms with Gasteiger partial charge in [0.05, 0.1) is 24.0 Å². The van der Waals surface area contributed by atoms with Crippen LogP contribution in [0.4, 0.5) is 5.82 Å².